The molecule has 8 nitrogen and oxygen atoms in total. The third-order valence-electron chi connectivity index (χ3n) is 7.31. The van der Waals surface area contributed by atoms with Crippen LogP contribution in [0.2, 0.25) is 0 Å². The number of hydrogen-bond donors (Lipinski definition) is 2. The Labute approximate surface area is 254 Å². The fourth-order valence-electron chi connectivity index (χ4n) is 5.23. The van der Waals surface area contributed by atoms with E-state index in [2.05, 4.69) is 15.6 Å². The fourth-order valence-corrected chi connectivity index (χ4v) is 5.23. The van der Waals surface area contributed by atoms with Gasteiger partial charge in [-0.2, -0.15) is 0 Å². The Kier molecular flexibility index (Phi) is 8.71. The van der Waals surface area contributed by atoms with Gasteiger partial charge in [0.25, 0.3) is 17.7 Å². The lowest BCUT2D eigenvalue weighted by atomic mass is 9.97. The summed E-state index contributed by atoms with van der Waals surface area (Å²) in [6.45, 7) is 5.22. The first-order valence-corrected chi connectivity index (χ1v) is 14.4. The number of halogens is 2. The highest BCUT2D eigenvalue weighted by Crippen LogP contribution is 2.43. The van der Waals surface area contributed by atoms with Crippen molar-refractivity contribution in [2.75, 3.05) is 16.8 Å². The van der Waals surface area contributed by atoms with Crippen LogP contribution in [0.1, 0.15) is 59.3 Å². The number of carbonyl (C=O) groups excluding carboxylic acids is 3. The third-order valence-corrected chi connectivity index (χ3v) is 7.31. The van der Waals surface area contributed by atoms with E-state index in [1.54, 1.807) is 80.8 Å². The van der Waals surface area contributed by atoms with Crippen molar-refractivity contribution in [1.82, 2.24) is 14.9 Å². The minimum Gasteiger partial charge on any atom is -0.350 e. The molecule has 4 aromatic rings. The molecule has 0 radical (unpaired) electrons. The van der Waals surface area contributed by atoms with Crippen LogP contribution in [0.3, 0.4) is 0 Å². The van der Waals surface area contributed by atoms with Gasteiger partial charge in [0.2, 0.25) is 5.91 Å². The second-order valence-corrected chi connectivity index (χ2v) is 10.8. The molecule has 1 aromatic heterocycles. The zero-order chi connectivity index (χ0) is 31.4. The molecular formula is C34H33F2N5O3. The summed E-state index contributed by atoms with van der Waals surface area (Å²) in [6.07, 6.45) is 4.47. The van der Waals surface area contributed by atoms with Crippen LogP contribution >= 0.6 is 0 Å². The summed E-state index contributed by atoms with van der Waals surface area (Å²) in [5.41, 5.74) is 1.85. The quantitative estimate of drug-likeness (QED) is 0.245. The molecule has 3 amide bonds. The van der Waals surface area contributed by atoms with Crippen molar-refractivity contribution in [2.24, 2.45) is 0 Å². The molecule has 0 fully saturated rings. The van der Waals surface area contributed by atoms with Gasteiger partial charge in [-0.3, -0.25) is 14.4 Å². The van der Waals surface area contributed by atoms with Crippen molar-refractivity contribution in [2.45, 2.75) is 45.6 Å². The van der Waals surface area contributed by atoms with Crippen LogP contribution in [-0.4, -0.2) is 45.8 Å². The Bertz CT molecular complexity index is 1730. The number of allylic oxidation sites excluding steroid dienone is 1. The third kappa shape index (κ3) is 6.29. The molecule has 1 aliphatic rings. The summed E-state index contributed by atoms with van der Waals surface area (Å²) in [5.74, 6) is -3.95. The predicted molar refractivity (Wildman–Crippen MR) is 166 cm³/mol. The zero-order valence-corrected chi connectivity index (χ0v) is 24.7. The lowest BCUT2D eigenvalue weighted by molar-refractivity contribution is -0.117. The highest BCUT2D eigenvalue weighted by atomic mass is 19.3. The van der Waals surface area contributed by atoms with Crippen molar-refractivity contribution in [3.8, 4) is 5.69 Å². The summed E-state index contributed by atoms with van der Waals surface area (Å²) in [5, 5.41) is 5.50. The lowest BCUT2D eigenvalue weighted by Crippen LogP contribution is -2.33. The number of para-hydroxylation sites is 2. The molecule has 0 saturated heterocycles. The highest BCUT2D eigenvalue weighted by molar-refractivity contribution is 6.10. The normalized spacial score (nSPS) is 15.0. The van der Waals surface area contributed by atoms with Crippen molar-refractivity contribution >= 4 is 34.7 Å². The van der Waals surface area contributed by atoms with Gasteiger partial charge in [-0.05, 0) is 56.3 Å². The van der Waals surface area contributed by atoms with E-state index < -0.39 is 29.7 Å². The molecule has 3 aromatic carbocycles. The predicted octanol–water partition coefficient (Wildman–Crippen LogP) is 6.28. The van der Waals surface area contributed by atoms with Crippen LogP contribution in [0.4, 0.5) is 20.2 Å². The second kappa shape index (κ2) is 12.6. The van der Waals surface area contributed by atoms with Gasteiger partial charge in [0, 0.05) is 66.3 Å². The molecule has 10 heteroatoms. The molecule has 226 valence electrons. The average molecular weight is 598 g/mol. The number of amides is 3. The van der Waals surface area contributed by atoms with Crippen molar-refractivity contribution in [3.63, 3.8) is 0 Å². The maximum absolute atomic E-state index is 15.4. The summed E-state index contributed by atoms with van der Waals surface area (Å²) < 4.78 is 32.6. The van der Waals surface area contributed by atoms with Crippen LogP contribution < -0.4 is 15.5 Å². The molecule has 0 bridgehead atoms. The number of rotatable bonds is 7. The standard InChI is InChI=1S/C34H33F2N5O3/c1-4-30-37-18-20-40(30)29-12-8-6-10-26(29)32(43)39-24-15-13-23(14-16-24)33(44)41-19-17-34(35,36)27(21-31(42)38-22(2)3)25-9-5-7-11-28(25)41/h5-16,18,20-22H,4,17,19H2,1-3H3,(H,38,42)(H,39,43)/b27-21-. The fraction of sp³-hybridized carbons (Fsp3) is 0.235. The topological polar surface area (TPSA) is 96.3 Å². The monoisotopic (exact) mass is 597 g/mol. The first-order chi connectivity index (χ1) is 21.1. The first-order valence-electron chi connectivity index (χ1n) is 14.4. The number of nitrogens with one attached hydrogen (secondary N) is 2. The molecular weight excluding hydrogens is 564 g/mol. The molecule has 44 heavy (non-hydrogen) atoms. The number of carbonyl (C=O) groups is 3. The Hall–Kier alpha value is -5.12. The molecule has 2 heterocycles. The Morgan fingerprint density at radius 1 is 0.977 bits per heavy atom. The van der Waals surface area contributed by atoms with E-state index >= 15 is 8.78 Å². The summed E-state index contributed by atoms with van der Waals surface area (Å²) in [7, 11) is 0. The highest BCUT2D eigenvalue weighted by Gasteiger charge is 2.41. The molecule has 0 atom stereocenters. The second-order valence-electron chi connectivity index (χ2n) is 10.8. The minimum absolute atomic E-state index is 0.119. The molecule has 0 saturated carbocycles. The summed E-state index contributed by atoms with van der Waals surface area (Å²) in [6, 6.07) is 19.6. The molecule has 0 spiro atoms. The van der Waals surface area contributed by atoms with Gasteiger partial charge < -0.3 is 20.1 Å². The number of nitrogens with zero attached hydrogens (tertiary/aromatic N) is 3. The van der Waals surface area contributed by atoms with E-state index in [0.29, 0.717) is 29.0 Å². The van der Waals surface area contributed by atoms with E-state index in [1.165, 1.54) is 11.0 Å². The number of aromatic nitrogens is 2. The SMILES string of the molecule is CCc1nccn1-c1ccccc1C(=O)Nc1ccc(C(=O)N2CCC(F)(F)/C(=C\C(=O)NC(C)C)c3ccccc32)cc1. The number of imidazole rings is 1. The van der Waals surface area contributed by atoms with Gasteiger partial charge in [-0.15, -0.1) is 0 Å². The average Bonchev–Trinajstić information content (AvgIpc) is 3.45. The molecule has 1 aliphatic heterocycles. The number of benzene rings is 3. The van der Waals surface area contributed by atoms with E-state index in [4.69, 9.17) is 0 Å². The lowest BCUT2D eigenvalue weighted by Gasteiger charge is -2.23. The van der Waals surface area contributed by atoms with Crippen LogP contribution in [0.25, 0.3) is 11.3 Å². The largest absolute Gasteiger partial charge is 0.350 e. The van der Waals surface area contributed by atoms with E-state index in [1.807, 2.05) is 23.6 Å². The Morgan fingerprint density at radius 2 is 1.66 bits per heavy atom. The van der Waals surface area contributed by atoms with Gasteiger partial charge in [0.15, 0.2) is 0 Å². The van der Waals surface area contributed by atoms with Crippen molar-refractivity contribution < 1.29 is 23.2 Å². The van der Waals surface area contributed by atoms with Gasteiger partial charge in [-0.1, -0.05) is 37.3 Å². The zero-order valence-electron chi connectivity index (χ0n) is 24.7. The van der Waals surface area contributed by atoms with Crippen molar-refractivity contribution in [3.05, 3.63) is 114 Å². The van der Waals surface area contributed by atoms with E-state index in [9.17, 15) is 14.4 Å². The minimum atomic E-state index is -3.33. The maximum atomic E-state index is 15.4. The Morgan fingerprint density at radius 3 is 2.36 bits per heavy atom. The number of alkyl halides is 2. The molecule has 5 rings (SSSR count). The van der Waals surface area contributed by atoms with E-state index in [0.717, 1.165) is 11.9 Å². The molecule has 2 N–H and O–H groups in total. The van der Waals surface area contributed by atoms with Crippen LogP contribution in [0.5, 0.6) is 0 Å². The maximum Gasteiger partial charge on any atom is 0.275 e. The number of aryl methyl sites for hydroxylation is 1. The molecule has 0 unspecified atom stereocenters. The van der Waals surface area contributed by atoms with Crippen LogP contribution in [-0.2, 0) is 11.2 Å². The number of hydrogen-bond acceptors (Lipinski definition) is 4. The van der Waals surface area contributed by atoms with Gasteiger partial charge in [-0.25, -0.2) is 13.8 Å². The number of fused-ring (bicyclic) bond motifs is 1. The van der Waals surface area contributed by atoms with Crippen LogP contribution in [0.15, 0.2) is 91.3 Å². The van der Waals surface area contributed by atoms with Crippen LogP contribution in [0, 0.1) is 0 Å². The van der Waals surface area contributed by atoms with E-state index in [-0.39, 0.29) is 29.6 Å². The molecule has 0 aliphatic carbocycles. The van der Waals surface area contributed by atoms with Gasteiger partial charge in [0.05, 0.1) is 16.9 Å². The number of anilines is 2. The Balaban J connectivity index is 1.39. The van der Waals surface area contributed by atoms with Gasteiger partial charge in [0.1, 0.15) is 5.82 Å². The first kappa shape index (κ1) is 30.3. The summed E-state index contributed by atoms with van der Waals surface area (Å²) >= 11 is 0. The van der Waals surface area contributed by atoms with Gasteiger partial charge >= 0.3 is 0 Å². The van der Waals surface area contributed by atoms with Crippen molar-refractivity contribution in [1.29, 1.82) is 0 Å². The smallest absolute Gasteiger partial charge is 0.275 e. The summed E-state index contributed by atoms with van der Waals surface area (Å²) in [4.78, 5) is 45.0.